The molecule has 2 aliphatic heterocycles. The van der Waals surface area contributed by atoms with Gasteiger partial charge in [0.2, 0.25) is 5.91 Å². The second-order valence-corrected chi connectivity index (χ2v) is 5.78. The van der Waals surface area contributed by atoms with Crippen LogP contribution in [0.5, 0.6) is 0 Å². The van der Waals surface area contributed by atoms with Gasteiger partial charge >= 0.3 is 0 Å². The molecule has 0 saturated carbocycles. The third-order valence-electron chi connectivity index (χ3n) is 4.25. The van der Waals surface area contributed by atoms with Crippen molar-refractivity contribution < 1.29 is 9.53 Å². The van der Waals surface area contributed by atoms with Crippen LogP contribution in [0.2, 0.25) is 0 Å². The van der Waals surface area contributed by atoms with Gasteiger partial charge in [0.05, 0.1) is 5.92 Å². The first-order chi connectivity index (χ1) is 8.11. The Morgan fingerprint density at radius 2 is 2.18 bits per heavy atom. The normalized spacial score (nSPS) is 32.4. The fourth-order valence-electron chi connectivity index (χ4n) is 2.69. The van der Waals surface area contributed by atoms with Crippen LogP contribution in [-0.4, -0.2) is 38.3 Å². The Labute approximate surface area is 103 Å². The van der Waals surface area contributed by atoms with Crippen LogP contribution in [0.15, 0.2) is 0 Å². The monoisotopic (exact) mass is 240 g/mol. The lowest BCUT2D eigenvalue weighted by atomic mass is 9.82. The predicted octanol–water partition coefficient (Wildman–Crippen LogP) is 0.917. The van der Waals surface area contributed by atoms with Gasteiger partial charge in [0.15, 0.2) is 0 Å². The second kappa shape index (κ2) is 5.36. The van der Waals surface area contributed by atoms with Gasteiger partial charge in [-0.1, -0.05) is 6.92 Å². The molecule has 0 aromatic rings. The van der Waals surface area contributed by atoms with E-state index in [-0.39, 0.29) is 17.2 Å². The third-order valence-corrected chi connectivity index (χ3v) is 4.25. The molecular formula is C13H24N2O2. The first kappa shape index (κ1) is 12.8. The summed E-state index contributed by atoms with van der Waals surface area (Å²) in [4.78, 5) is 12.1. The predicted molar refractivity (Wildman–Crippen MR) is 66.7 cm³/mol. The number of ether oxygens (including phenoxy) is 1. The van der Waals surface area contributed by atoms with Crippen molar-refractivity contribution in [3.63, 3.8) is 0 Å². The zero-order valence-electron chi connectivity index (χ0n) is 10.9. The van der Waals surface area contributed by atoms with E-state index in [4.69, 9.17) is 4.74 Å². The molecule has 0 radical (unpaired) electrons. The summed E-state index contributed by atoms with van der Waals surface area (Å²) in [7, 11) is 0. The van der Waals surface area contributed by atoms with E-state index >= 15 is 0 Å². The van der Waals surface area contributed by atoms with Crippen LogP contribution in [0.4, 0.5) is 0 Å². The topological polar surface area (TPSA) is 50.4 Å². The van der Waals surface area contributed by atoms with Crippen LogP contribution < -0.4 is 10.6 Å². The van der Waals surface area contributed by atoms with Crippen LogP contribution >= 0.6 is 0 Å². The molecule has 4 nitrogen and oxygen atoms in total. The molecule has 1 amide bonds. The zero-order valence-corrected chi connectivity index (χ0v) is 10.9. The van der Waals surface area contributed by atoms with Crippen LogP contribution in [0.1, 0.15) is 33.1 Å². The average molecular weight is 240 g/mol. The molecule has 98 valence electrons. The van der Waals surface area contributed by atoms with E-state index in [0.29, 0.717) is 6.04 Å². The minimum absolute atomic E-state index is 0.151. The second-order valence-electron chi connectivity index (χ2n) is 5.78. The van der Waals surface area contributed by atoms with Gasteiger partial charge < -0.3 is 15.4 Å². The van der Waals surface area contributed by atoms with Crippen LogP contribution in [0.25, 0.3) is 0 Å². The van der Waals surface area contributed by atoms with Crippen molar-refractivity contribution in [1.29, 1.82) is 0 Å². The van der Waals surface area contributed by atoms with Crippen molar-refractivity contribution >= 4 is 5.91 Å². The minimum atomic E-state index is 0.151. The number of carbonyl (C=O) groups is 1. The van der Waals surface area contributed by atoms with E-state index in [9.17, 15) is 4.79 Å². The number of hydrogen-bond donors (Lipinski definition) is 2. The Kier molecular flexibility index (Phi) is 4.05. The van der Waals surface area contributed by atoms with E-state index < -0.39 is 0 Å². The Balaban J connectivity index is 1.79. The Hall–Kier alpha value is -0.610. The molecule has 0 aromatic heterocycles. The molecule has 2 aliphatic rings. The largest absolute Gasteiger partial charge is 0.381 e. The maximum absolute atomic E-state index is 12.1. The lowest BCUT2D eigenvalue weighted by molar-refractivity contribution is -0.126. The maximum atomic E-state index is 12.1. The SMILES string of the molecule is CC1NCCC1C(=O)NCC1(C)CCOCC1. The lowest BCUT2D eigenvalue weighted by Gasteiger charge is -2.34. The van der Waals surface area contributed by atoms with Gasteiger partial charge in [-0.2, -0.15) is 0 Å². The van der Waals surface area contributed by atoms with Gasteiger partial charge in [-0.15, -0.1) is 0 Å². The van der Waals surface area contributed by atoms with Gasteiger partial charge in [0, 0.05) is 25.8 Å². The number of nitrogens with one attached hydrogen (secondary N) is 2. The molecule has 2 fully saturated rings. The minimum Gasteiger partial charge on any atom is -0.381 e. The van der Waals surface area contributed by atoms with Crippen molar-refractivity contribution in [2.75, 3.05) is 26.3 Å². The molecule has 17 heavy (non-hydrogen) atoms. The van der Waals surface area contributed by atoms with E-state index in [1.165, 1.54) is 0 Å². The molecule has 2 atom stereocenters. The Morgan fingerprint density at radius 1 is 1.47 bits per heavy atom. The summed E-state index contributed by atoms with van der Waals surface area (Å²) in [5, 5.41) is 6.45. The smallest absolute Gasteiger partial charge is 0.224 e. The molecule has 4 heteroatoms. The summed E-state index contributed by atoms with van der Waals surface area (Å²) in [5.41, 5.74) is 0.225. The Morgan fingerprint density at radius 3 is 2.76 bits per heavy atom. The number of rotatable bonds is 3. The van der Waals surface area contributed by atoms with Crippen molar-refractivity contribution in [2.45, 2.75) is 39.2 Å². The van der Waals surface area contributed by atoms with E-state index in [2.05, 4.69) is 24.5 Å². The summed E-state index contributed by atoms with van der Waals surface area (Å²) in [6.07, 6.45) is 3.06. The van der Waals surface area contributed by atoms with Crippen LogP contribution in [-0.2, 0) is 9.53 Å². The Bertz CT molecular complexity index is 275. The molecular weight excluding hydrogens is 216 g/mol. The quantitative estimate of drug-likeness (QED) is 0.771. The summed E-state index contributed by atoms with van der Waals surface area (Å²) < 4.78 is 5.37. The fraction of sp³-hybridized carbons (Fsp3) is 0.923. The molecule has 2 unspecified atom stereocenters. The molecule has 0 spiro atoms. The van der Waals surface area contributed by atoms with Crippen molar-refractivity contribution in [1.82, 2.24) is 10.6 Å². The van der Waals surface area contributed by atoms with Crippen molar-refractivity contribution in [3.05, 3.63) is 0 Å². The third kappa shape index (κ3) is 3.19. The van der Waals surface area contributed by atoms with Crippen LogP contribution in [0, 0.1) is 11.3 Å². The highest BCUT2D eigenvalue weighted by Crippen LogP contribution is 2.29. The fourth-order valence-corrected chi connectivity index (χ4v) is 2.69. The molecule has 2 saturated heterocycles. The van der Waals surface area contributed by atoms with Gasteiger partial charge in [0.1, 0.15) is 0 Å². The van der Waals surface area contributed by atoms with E-state index in [1.807, 2.05) is 0 Å². The highest BCUT2D eigenvalue weighted by atomic mass is 16.5. The molecule has 0 bridgehead atoms. The number of hydrogen-bond acceptors (Lipinski definition) is 3. The van der Waals surface area contributed by atoms with E-state index in [0.717, 1.165) is 45.6 Å². The zero-order chi connectivity index (χ0) is 12.3. The highest BCUT2D eigenvalue weighted by Gasteiger charge is 2.32. The summed E-state index contributed by atoms with van der Waals surface area (Å²) in [5.74, 6) is 0.369. The van der Waals surface area contributed by atoms with Gasteiger partial charge in [-0.05, 0) is 38.1 Å². The summed E-state index contributed by atoms with van der Waals surface area (Å²) in [6.45, 7) is 7.74. The maximum Gasteiger partial charge on any atom is 0.224 e. The van der Waals surface area contributed by atoms with Crippen LogP contribution in [0.3, 0.4) is 0 Å². The van der Waals surface area contributed by atoms with Gasteiger partial charge in [0.25, 0.3) is 0 Å². The van der Waals surface area contributed by atoms with Crippen molar-refractivity contribution in [2.24, 2.45) is 11.3 Å². The highest BCUT2D eigenvalue weighted by molar-refractivity contribution is 5.79. The summed E-state index contributed by atoms with van der Waals surface area (Å²) >= 11 is 0. The average Bonchev–Trinajstić information content (AvgIpc) is 2.74. The van der Waals surface area contributed by atoms with Gasteiger partial charge in [-0.3, -0.25) is 4.79 Å². The molecule has 2 heterocycles. The van der Waals surface area contributed by atoms with Crippen molar-refractivity contribution in [3.8, 4) is 0 Å². The number of carbonyl (C=O) groups excluding carboxylic acids is 1. The standard InChI is InChI=1S/C13H24N2O2/c1-10-11(3-6-14-10)12(16)15-9-13(2)4-7-17-8-5-13/h10-11,14H,3-9H2,1-2H3,(H,15,16). The first-order valence-corrected chi connectivity index (χ1v) is 6.70. The summed E-state index contributed by atoms with van der Waals surface area (Å²) in [6, 6.07) is 0.317. The lowest BCUT2D eigenvalue weighted by Crippen LogP contribution is -2.43. The number of amides is 1. The van der Waals surface area contributed by atoms with Gasteiger partial charge in [-0.25, -0.2) is 0 Å². The molecule has 2 rings (SSSR count). The molecule has 0 aromatic carbocycles. The molecule has 2 N–H and O–H groups in total. The first-order valence-electron chi connectivity index (χ1n) is 6.70. The van der Waals surface area contributed by atoms with E-state index in [1.54, 1.807) is 0 Å². The molecule has 0 aliphatic carbocycles.